The number of allylic oxidation sites excluding steroid dienone is 2. The first-order valence-corrected chi connectivity index (χ1v) is 10.7. The Morgan fingerprint density at radius 2 is 0.409 bits per heavy atom. The molecule has 2 aliphatic carbocycles. The average molecular weight is 305 g/mol. The van der Waals surface area contributed by atoms with Crippen molar-refractivity contribution in [1.82, 2.24) is 0 Å². The summed E-state index contributed by atoms with van der Waals surface area (Å²) in [6.07, 6.45) is 29.5. The summed E-state index contributed by atoms with van der Waals surface area (Å²) in [5.41, 5.74) is 3.83. The minimum Gasteiger partial charge on any atom is -0.0710 e. The maximum absolute atomic E-state index is 1.92. The normalized spacial score (nSPS) is 25.1. The van der Waals surface area contributed by atoms with Crippen molar-refractivity contribution >= 4 is 0 Å². The Morgan fingerprint density at radius 1 is 0.227 bits per heavy atom. The molecule has 0 atom stereocenters. The van der Waals surface area contributed by atoms with Crippen molar-refractivity contribution in [2.45, 2.75) is 128 Å². The van der Waals surface area contributed by atoms with Gasteiger partial charge in [-0.15, -0.1) is 0 Å². The molecule has 2 rings (SSSR count). The van der Waals surface area contributed by atoms with Crippen LogP contribution >= 0.6 is 0 Å². The van der Waals surface area contributed by atoms with Crippen molar-refractivity contribution in [1.29, 1.82) is 0 Å². The molecule has 0 unspecified atom stereocenters. The summed E-state index contributed by atoms with van der Waals surface area (Å²) >= 11 is 0. The van der Waals surface area contributed by atoms with Crippen LogP contribution in [0.2, 0.25) is 0 Å². The van der Waals surface area contributed by atoms with E-state index >= 15 is 0 Å². The second-order valence-electron chi connectivity index (χ2n) is 7.86. The van der Waals surface area contributed by atoms with Gasteiger partial charge in [-0.25, -0.2) is 0 Å². The van der Waals surface area contributed by atoms with Gasteiger partial charge in [0.1, 0.15) is 0 Å². The zero-order valence-corrected chi connectivity index (χ0v) is 15.1. The van der Waals surface area contributed by atoms with Crippen LogP contribution in [-0.4, -0.2) is 0 Å². The van der Waals surface area contributed by atoms with Gasteiger partial charge < -0.3 is 0 Å². The molecule has 0 fully saturated rings. The standard InChI is InChI=1S/C22H40/c1-2-4-6-10-14-18-22-20-16-12-8-7-11-15-19-21(22)17-13-9-5-3-1/h1-20H2. The van der Waals surface area contributed by atoms with Gasteiger partial charge in [-0.3, -0.25) is 0 Å². The lowest BCUT2D eigenvalue weighted by molar-refractivity contribution is 0.525. The number of rotatable bonds is 0. The van der Waals surface area contributed by atoms with E-state index in [4.69, 9.17) is 0 Å². The van der Waals surface area contributed by atoms with Crippen LogP contribution in [0.15, 0.2) is 11.1 Å². The van der Waals surface area contributed by atoms with Crippen LogP contribution in [-0.2, 0) is 0 Å². The SMILES string of the molecule is C1CCCCCCC2=C(CCCCC1)CCCCCCCC2. The summed E-state index contributed by atoms with van der Waals surface area (Å²) in [5, 5.41) is 0. The van der Waals surface area contributed by atoms with E-state index in [0.717, 1.165) is 0 Å². The lowest BCUT2D eigenvalue weighted by Gasteiger charge is -2.18. The fraction of sp³-hybridized carbons (Fsp3) is 0.909. The summed E-state index contributed by atoms with van der Waals surface area (Å²) in [6, 6.07) is 0. The molecule has 22 heavy (non-hydrogen) atoms. The van der Waals surface area contributed by atoms with Gasteiger partial charge in [0.25, 0.3) is 0 Å². The highest BCUT2D eigenvalue weighted by Gasteiger charge is 2.10. The number of hydrogen-bond donors (Lipinski definition) is 0. The van der Waals surface area contributed by atoms with Gasteiger partial charge in [-0.05, 0) is 51.4 Å². The third-order valence-electron chi connectivity index (χ3n) is 5.91. The zero-order valence-electron chi connectivity index (χ0n) is 15.1. The summed E-state index contributed by atoms with van der Waals surface area (Å²) in [4.78, 5) is 0. The van der Waals surface area contributed by atoms with Crippen LogP contribution in [0.4, 0.5) is 0 Å². The molecule has 0 spiro atoms. The predicted octanol–water partition coefficient (Wildman–Crippen LogP) is 8.11. The monoisotopic (exact) mass is 304 g/mol. The Kier molecular flexibility index (Phi) is 10.0. The van der Waals surface area contributed by atoms with E-state index in [1.807, 2.05) is 11.1 Å². The lowest BCUT2D eigenvalue weighted by atomic mass is 9.88. The van der Waals surface area contributed by atoms with E-state index in [1.54, 1.807) is 0 Å². The van der Waals surface area contributed by atoms with Gasteiger partial charge in [0.15, 0.2) is 0 Å². The molecule has 0 radical (unpaired) electrons. The van der Waals surface area contributed by atoms with E-state index in [2.05, 4.69) is 0 Å². The van der Waals surface area contributed by atoms with Gasteiger partial charge in [0.2, 0.25) is 0 Å². The Morgan fingerprint density at radius 3 is 0.636 bits per heavy atom. The molecule has 0 amide bonds. The molecule has 0 heterocycles. The molecule has 0 aromatic heterocycles. The molecule has 0 heteroatoms. The molecule has 0 nitrogen and oxygen atoms in total. The van der Waals surface area contributed by atoms with Gasteiger partial charge in [-0.1, -0.05) is 88.2 Å². The average Bonchev–Trinajstić information content (AvgIpc) is 2.54. The maximum atomic E-state index is 1.92. The van der Waals surface area contributed by atoms with Gasteiger partial charge in [0.05, 0.1) is 0 Å². The summed E-state index contributed by atoms with van der Waals surface area (Å²) in [6.45, 7) is 0. The van der Waals surface area contributed by atoms with E-state index in [0.29, 0.717) is 0 Å². The van der Waals surface area contributed by atoms with Crippen molar-refractivity contribution < 1.29 is 0 Å². The second kappa shape index (κ2) is 12.2. The largest absolute Gasteiger partial charge is 0.0710 e. The van der Waals surface area contributed by atoms with Crippen molar-refractivity contribution in [2.24, 2.45) is 0 Å². The molecule has 0 N–H and O–H groups in total. The molecule has 0 bridgehead atoms. The second-order valence-corrected chi connectivity index (χ2v) is 7.86. The first kappa shape index (κ1) is 18.1. The lowest BCUT2D eigenvalue weighted by Crippen LogP contribution is -1.98. The highest BCUT2D eigenvalue weighted by molar-refractivity contribution is 5.15. The van der Waals surface area contributed by atoms with Crippen molar-refractivity contribution in [3.8, 4) is 0 Å². The smallest absolute Gasteiger partial charge is 0.0318 e. The third kappa shape index (κ3) is 7.84. The van der Waals surface area contributed by atoms with Crippen LogP contribution in [0.5, 0.6) is 0 Å². The first-order chi connectivity index (χ1) is 11.0. The molecule has 0 aliphatic heterocycles. The van der Waals surface area contributed by atoms with Crippen LogP contribution in [0, 0.1) is 0 Å². The highest BCUT2D eigenvalue weighted by Crippen LogP contribution is 2.30. The molecule has 0 aromatic carbocycles. The van der Waals surface area contributed by atoms with E-state index < -0.39 is 0 Å². The van der Waals surface area contributed by atoms with Crippen LogP contribution < -0.4 is 0 Å². The Hall–Kier alpha value is -0.260. The topological polar surface area (TPSA) is 0 Å². The molecule has 0 aromatic rings. The Balaban J connectivity index is 1.94. The summed E-state index contributed by atoms with van der Waals surface area (Å²) in [7, 11) is 0. The molecule has 0 saturated carbocycles. The Bertz CT molecular complexity index is 269. The fourth-order valence-corrected chi connectivity index (χ4v) is 4.43. The molecular weight excluding hydrogens is 264 g/mol. The van der Waals surface area contributed by atoms with Crippen molar-refractivity contribution in [3.63, 3.8) is 0 Å². The minimum absolute atomic E-state index is 1.44. The first-order valence-electron chi connectivity index (χ1n) is 10.7. The van der Waals surface area contributed by atoms with Crippen LogP contribution in [0.25, 0.3) is 0 Å². The molecule has 0 saturated heterocycles. The Labute approximate surface area is 140 Å². The van der Waals surface area contributed by atoms with Gasteiger partial charge >= 0.3 is 0 Å². The summed E-state index contributed by atoms with van der Waals surface area (Å²) in [5.74, 6) is 0. The quantitative estimate of drug-likeness (QED) is 0.396. The van der Waals surface area contributed by atoms with E-state index in [9.17, 15) is 0 Å². The van der Waals surface area contributed by atoms with E-state index in [-0.39, 0.29) is 0 Å². The van der Waals surface area contributed by atoms with Crippen LogP contribution in [0.1, 0.15) is 128 Å². The van der Waals surface area contributed by atoms with Crippen molar-refractivity contribution in [2.75, 3.05) is 0 Å². The van der Waals surface area contributed by atoms with Crippen LogP contribution in [0.3, 0.4) is 0 Å². The zero-order chi connectivity index (χ0) is 15.3. The van der Waals surface area contributed by atoms with Gasteiger partial charge in [0, 0.05) is 0 Å². The maximum Gasteiger partial charge on any atom is -0.0318 e. The summed E-state index contributed by atoms with van der Waals surface area (Å²) < 4.78 is 0. The molecular formula is C22H40. The van der Waals surface area contributed by atoms with Crippen molar-refractivity contribution in [3.05, 3.63) is 11.1 Å². The number of hydrogen-bond acceptors (Lipinski definition) is 0. The predicted molar refractivity (Wildman–Crippen MR) is 99.4 cm³/mol. The highest BCUT2D eigenvalue weighted by atomic mass is 14.2. The minimum atomic E-state index is 1.44. The third-order valence-corrected chi connectivity index (χ3v) is 5.91. The fourth-order valence-electron chi connectivity index (χ4n) is 4.43. The molecule has 2 aliphatic rings. The molecule has 128 valence electrons. The van der Waals surface area contributed by atoms with E-state index in [1.165, 1.54) is 128 Å². The van der Waals surface area contributed by atoms with Gasteiger partial charge in [-0.2, -0.15) is 0 Å².